The Hall–Kier alpha value is -3.26. The first-order valence-electron chi connectivity index (χ1n) is 7.46. The molecule has 3 aromatic heterocycles. The Morgan fingerprint density at radius 3 is 2.84 bits per heavy atom. The van der Waals surface area contributed by atoms with Gasteiger partial charge in [-0.3, -0.25) is 9.59 Å². The van der Waals surface area contributed by atoms with E-state index in [4.69, 9.17) is 4.42 Å². The molecule has 3 heterocycles. The van der Waals surface area contributed by atoms with E-state index in [-0.39, 0.29) is 18.0 Å². The molecular formula is C17H12N4O3S. The number of hydrogen-bond donors (Lipinski definition) is 1. The quantitative estimate of drug-likeness (QED) is 0.610. The molecule has 1 N–H and O–H groups in total. The maximum Gasteiger partial charge on any atom is 0.267 e. The molecule has 8 heteroatoms. The van der Waals surface area contributed by atoms with Crippen molar-refractivity contribution in [3.63, 3.8) is 0 Å². The number of hydrogen-bond acceptors (Lipinski definition) is 6. The average molecular weight is 352 g/mol. The van der Waals surface area contributed by atoms with E-state index in [2.05, 4.69) is 15.4 Å². The second-order valence-electron chi connectivity index (χ2n) is 5.23. The van der Waals surface area contributed by atoms with Crippen molar-refractivity contribution in [2.24, 2.45) is 0 Å². The van der Waals surface area contributed by atoms with E-state index in [1.807, 2.05) is 24.3 Å². The molecule has 124 valence electrons. The van der Waals surface area contributed by atoms with Crippen LogP contribution in [0.15, 0.2) is 64.0 Å². The summed E-state index contributed by atoms with van der Waals surface area (Å²) in [5.74, 6) is 0.158. The van der Waals surface area contributed by atoms with E-state index in [0.29, 0.717) is 16.6 Å². The van der Waals surface area contributed by atoms with Crippen LogP contribution < -0.4 is 10.9 Å². The van der Waals surface area contributed by atoms with Gasteiger partial charge in [-0.2, -0.15) is 5.10 Å². The zero-order valence-corrected chi connectivity index (χ0v) is 13.7. The van der Waals surface area contributed by atoms with Crippen molar-refractivity contribution in [3.05, 3.63) is 65.1 Å². The van der Waals surface area contributed by atoms with Gasteiger partial charge in [-0.15, -0.1) is 0 Å². The number of furan rings is 1. The Labute approximate surface area is 145 Å². The number of amides is 1. The topological polar surface area (TPSA) is 90.0 Å². The minimum absolute atomic E-state index is 0.205. The highest BCUT2D eigenvalue weighted by Gasteiger charge is 2.11. The lowest BCUT2D eigenvalue weighted by Crippen LogP contribution is -2.29. The summed E-state index contributed by atoms with van der Waals surface area (Å²) in [6.45, 7) is -0.205. The summed E-state index contributed by atoms with van der Waals surface area (Å²) < 4.78 is 7.34. The lowest BCUT2D eigenvalue weighted by molar-refractivity contribution is -0.117. The summed E-state index contributed by atoms with van der Waals surface area (Å²) in [5, 5.41) is 7.37. The van der Waals surface area contributed by atoms with Crippen LogP contribution in [0.2, 0.25) is 0 Å². The van der Waals surface area contributed by atoms with Crippen molar-refractivity contribution in [2.75, 3.05) is 5.32 Å². The molecule has 0 atom stereocenters. The molecule has 0 aliphatic carbocycles. The van der Waals surface area contributed by atoms with Crippen molar-refractivity contribution < 1.29 is 9.21 Å². The first-order valence-corrected chi connectivity index (χ1v) is 8.28. The standard InChI is InChI=1S/C17H12N4O3S/c22-15(19-17-18-12-4-1-2-6-14(12)25-17)10-21-16(23)8-7-11(20-21)13-5-3-9-24-13/h1-9H,10H2,(H,18,19,22). The summed E-state index contributed by atoms with van der Waals surface area (Å²) in [6, 6.07) is 14.0. The number of carbonyl (C=O) groups is 1. The van der Waals surface area contributed by atoms with Crippen LogP contribution in [0.25, 0.3) is 21.7 Å². The molecule has 0 aliphatic rings. The number of benzene rings is 1. The Morgan fingerprint density at radius 1 is 1.16 bits per heavy atom. The largest absolute Gasteiger partial charge is 0.463 e. The summed E-state index contributed by atoms with van der Waals surface area (Å²) in [6.07, 6.45) is 1.52. The maximum atomic E-state index is 12.2. The molecule has 1 aromatic carbocycles. The highest BCUT2D eigenvalue weighted by Crippen LogP contribution is 2.25. The Kier molecular flexibility index (Phi) is 3.87. The molecule has 0 unspecified atom stereocenters. The molecule has 7 nitrogen and oxygen atoms in total. The summed E-state index contributed by atoms with van der Waals surface area (Å²) in [4.78, 5) is 28.5. The predicted molar refractivity (Wildman–Crippen MR) is 94.4 cm³/mol. The van der Waals surface area contributed by atoms with Crippen LogP contribution in [0.3, 0.4) is 0 Å². The minimum atomic E-state index is -0.370. The van der Waals surface area contributed by atoms with Crippen molar-refractivity contribution >= 4 is 32.6 Å². The Balaban J connectivity index is 1.54. The van der Waals surface area contributed by atoms with E-state index < -0.39 is 0 Å². The third-order valence-corrected chi connectivity index (χ3v) is 4.43. The fraction of sp³-hybridized carbons (Fsp3) is 0.0588. The summed E-state index contributed by atoms with van der Waals surface area (Å²) in [7, 11) is 0. The van der Waals surface area contributed by atoms with Gasteiger partial charge in [0.25, 0.3) is 5.56 Å². The first-order chi connectivity index (χ1) is 12.2. The fourth-order valence-corrected chi connectivity index (χ4v) is 3.22. The number of nitrogens with one attached hydrogen (secondary N) is 1. The van der Waals surface area contributed by atoms with E-state index in [1.54, 1.807) is 18.2 Å². The van der Waals surface area contributed by atoms with E-state index in [1.165, 1.54) is 23.7 Å². The third-order valence-electron chi connectivity index (χ3n) is 3.47. The molecule has 25 heavy (non-hydrogen) atoms. The Morgan fingerprint density at radius 2 is 2.04 bits per heavy atom. The van der Waals surface area contributed by atoms with Crippen LogP contribution in [0.1, 0.15) is 0 Å². The van der Waals surface area contributed by atoms with E-state index >= 15 is 0 Å². The Bertz CT molecular complexity index is 1070. The average Bonchev–Trinajstić information content (AvgIpc) is 3.25. The van der Waals surface area contributed by atoms with Gasteiger partial charge >= 0.3 is 0 Å². The van der Waals surface area contributed by atoms with E-state index in [0.717, 1.165) is 14.9 Å². The number of carbonyl (C=O) groups excluding carboxylic acids is 1. The van der Waals surface area contributed by atoms with Gasteiger partial charge in [0.2, 0.25) is 5.91 Å². The van der Waals surface area contributed by atoms with Crippen molar-refractivity contribution in [2.45, 2.75) is 6.54 Å². The molecule has 0 bridgehead atoms. The zero-order valence-electron chi connectivity index (χ0n) is 12.9. The molecule has 4 rings (SSSR count). The van der Waals surface area contributed by atoms with Gasteiger partial charge in [0.05, 0.1) is 16.5 Å². The van der Waals surface area contributed by atoms with Gasteiger partial charge in [-0.25, -0.2) is 9.67 Å². The van der Waals surface area contributed by atoms with Gasteiger partial charge < -0.3 is 9.73 Å². The molecule has 0 aliphatic heterocycles. The number of aromatic nitrogens is 3. The number of nitrogens with zero attached hydrogens (tertiary/aromatic N) is 3. The number of anilines is 1. The van der Waals surface area contributed by atoms with Crippen LogP contribution in [-0.2, 0) is 11.3 Å². The molecule has 1 amide bonds. The number of para-hydroxylation sites is 1. The lowest BCUT2D eigenvalue weighted by atomic mass is 10.3. The third kappa shape index (κ3) is 3.20. The summed E-state index contributed by atoms with van der Waals surface area (Å²) >= 11 is 1.38. The number of thiazole rings is 1. The summed E-state index contributed by atoms with van der Waals surface area (Å²) in [5.41, 5.74) is 0.935. The van der Waals surface area contributed by atoms with Crippen molar-refractivity contribution in [1.82, 2.24) is 14.8 Å². The molecular weight excluding hydrogens is 340 g/mol. The van der Waals surface area contributed by atoms with E-state index in [9.17, 15) is 9.59 Å². The van der Waals surface area contributed by atoms with Crippen LogP contribution in [0, 0.1) is 0 Å². The van der Waals surface area contributed by atoms with Crippen LogP contribution in [0.4, 0.5) is 5.13 Å². The van der Waals surface area contributed by atoms with Gasteiger partial charge in [0.15, 0.2) is 10.9 Å². The normalized spacial score (nSPS) is 10.9. The highest BCUT2D eigenvalue weighted by atomic mass is 32.1. The lowest BCUT2D eigenvalue weighted by Gasteiger charge is -2.05. The number of rotatable bonds is 4. The first kappa shape index (κ1) is 15.3. The maximum absolute atomic E-state index is 12.2. The highest BCUT2D eigenvalue weighted by molar-refractivity contribution is 7.22. The van der Waals surface area contributed by atoms with Crippen LogP contribution >= 0.6 is 11.3 Å². The zero-order chi connectivity index (χ0) is 17.2. The molecule has 0 saturated carbocycles. The fourth-order valence-electron chi connectivity index (χ4n) is 2.34. The predicted octanol–water partition coefficient (Wildman–Crippen LogP) is 2.75. The molecule has 0 spiro atoms. The smallest absolute Gasteiger partial charge is 0.267 e. The van der Waals surface area contributed by atoms with Crippen molar-refractivity contribution in [1.29, 1.82) is 0 Å². The van der Waals surface area contributed by atoms with Gasteiger partial charge in [0, 0.05) is 6.07 Å². The van der Waals surface area contributed by atoms with Crippen LogP contribution in [0.5, 0.6) is 0 Å². The number of fused-ring (bicyclic) bond motifs is 1. The van der Waals surface area contributed by atoms with Gasteiger partial charge in [-0.05, 0) is 30.3 Å². The van der Waals surface area contributed by atoms with Gasteiger partial charge in [-0.1, -0.05) is 23.5 Å². The molecule has 0 radical (unpaired) electrons. The second kappa shape index (κ2) is 6.33. The minimum Gasteiger partial charge on any atom is -0.463 e. The van der Waals surface area contributed by atoms with Crippen LogP contribution in [-0.4, -0.2) is 20.7 Å². The molecule has 0 fully saturated rings. The monoisotopic (exact) mass is 352 g/mol. The SMILES string of the molecule is O=C(Cn1nc(-c2ccco2)ccc1=O)Nc1nc2ccccc2s1. The molecule has 0 saturated heterocycles. The molecule has 4 aromatic rings. The second-order valence-corrected chi connectivity index (χ2v) is 6.26. The van der Waals surface area contributed by atoms with Gasteiger partial charge in [0.1, 0.15) is 12.2 Å². The van der Waals surface area contributed by atoms with Crippen molar-refractivity contribution in [3.8, 4) is 11.5 Å².